The minimum absolute atomic E-state index is 0.0718. The molecule has 8 nitrogen and oxygen atoms in total. The molecule has 0 atom stereocenters. The van der Waals surface area contributed by atoms with Gasteiger partial charge in [0.2, 0.25) is 0 Å². The van der Waals surface area contributed by atoms with E-state index in [0.717, 1.165) is 6.42 Å². The molecule has 2 aromatic rings. The van der Waals surface area contributed by atoms with Crippen molar-refractivity contribution in [3.63, 3.8) is 0 Å². The van der Waals surface area contributed by atoms with Gasteiger partial charge in [0.1, 0.15) is 0 Å². The van der Waals surface area contributed by atoms with Crippen LogP contribution >= 0.6 is 0 Å². The highest BCUT2D eigenvalue weighted by Crippen LogP contribution is 2.26. The number of ether oxygens (including phenoxy) is 1. The van der Waals surface area contributed by atoms with Crippen LogP contribution in [0, 0.1) is 5.92 Å². The molecule has 8 heteroatoms. The largest absolute Gasteiger partial charge is 0.464 e. The van der Waals surface area contributed by atoms with E-state index in [1.54, 1.807) is 11.6 Å². The lowest BCUT2D eigenvalue weighted by Crippen LogP contribution is -2.39. The molecule has 0 bridgehead atoms. The summed E-state index contributed by atoms with van der Waals surface area (Å²) in [6.45, 7) is 3.34. The van der Waals surface area contributed by atoms with Crippen molar-refractivity contribution < 1.29 is 9.84 Å². The lowest BCUT2D eigenvalue weighted by Gasteiger charge is -2.12. The van der Waals surface area contributed by atoms with Gasteiger partial charge in [-0.25, -0.2) is 4.79 Å². The van der Waals surface area contributed by atoms with E-state index in [0.29, 0.717) is 42.7 Å². The van der Waals surface area contributed by atoms with E-state index in [9.17, 15) is 9.59 Å². The third kappa shape index (κ3) is 3.42. The molecule has 26 heavy (non-hydrogen) atoms. The molecule has 0 amide bonds. The van der Waals surface area contributed by atoms with Crippen molar-refractivity contribution in [3.05, 3.63) is 20.8 Å². The zero-order chi connectivity index (χ0) is 18.7. The Balaban J connectivity index is 2.06. The molecule has 1 saturated carbocycles. The van der Waals surface area contributed by atoms with Crippen molar-refractivity contribution in [2.45, 2.75) is 58.5 Å². The highest BCUT2D eigenvalue weighted by atomic mass is 16.5. The molecule has 1 aliphatic rings. The Labute approximate surface area is 152 Å². The van der Waals surface area contributed by atoms with E-state index in [2.05, 4.69) is 4.98 Å². The molecule has 0 aromatic carbocycles. The van der Waals surface area contributed by atoms with Crippen molar-refractivity contribution in [2.75, 3.05) is 13.2 Å². The van der Waals surface area contributed by atoms with Gasteiger partial charge in [-0.15, -0.1) is 0 Å². The normalized spacial score (nSPS) is 15.2. The number of nitrogens with zero attached hydrogens (tertiary/aromatic N) is 4. The minimum Gasteiger partial charge on any atom is -0.464 e. The van der Waals surface area contributed by atoms with Crippen LogP contribution in [-0.4, -0.2) is 37.0 Å². The number of aromatic nitrogens is 4. The van der Waals surface area contributed by atoms with E-state index < -0.39 is 5.69 Å². The fourth-order valence-electron chi connectivity index (χ4n) is 3.69. The number of hydrogen-bond acceptors (Lipinski definition) is 5. The second kappa shape index (κ2) is 8.07. The second-order valence-electron chi connectivity index (χ2n) is 7.06. The monoisotopic (exact) mass is 364 g/mol. The van der Waals surface area contributed by atoms with Crippen LogP contribution in [0.15, 0.2) is 9.59 Å². The Morgan fingerprint density at radius 3 is 2.58 bits per heavy atom. The first-order valence-electron chi connectivity index (χ1n) is 9.52. The van der Waals surface area contributed by atoms with Gasteiger partial charge in [-0.05, 0) is 31.6 Å². The molecule has 144 valence electrons. The maximum atomic E-state index is 12.9. The highest BCUT2D eigenvalue weighted by Gasteiger charge is 2.22. The van der Waals surface area contributed by atoms with E-state index in [1.807, 2.05) is 6.92 Å². The lowest BCUT2D eigenvalue weighted by atomic mass is 10.1. The summed E-state index contributed by atoms with van der Waals surface area (Å²) in [5, 5.41) is 9.05. The van der Waals surface area contributed by atoms with Crippen molar-refractivity contribution in [1.29, 1.82) is 0 Å². The quantitative estimate of drug-likeness (QED) is 0.761. The predicted octanol–water partition coefficient (Wildman–Crippen LogP) is 1.26. The topological polar surface area (TPSA) is 91.3 Å². The van der Waals surface area contributed by atoms with Crippen LogP contribution in [0.25, 0.3) is 11.2 Å². The third-order valence-corrected chi connectivity index (χ3v) is 5.11. The molecule has 2 heterocycles. The number of aryl methyl sites for hydroxylation is 2. The van der Waals surface area contributed by atoms with E-state index in [1.165, 1.54) is 34.8 Å². The standard InChI is InChI=1S/C18H28N4O4/c1-3-9-21-14-15(19-17(21)26-12-13-7-4-5-8-13)20(2)18(25)22(16(14)24)10-6-11-23/h13,23H,3-12H2,1-2H3. The van der Waals surface area contributed by atoms with Gasteiger partial charge in [0.05, 0.1) is 6.61 Å². The Bertz CT molecular complexity index is 874. The van der Waals surface area contributed by atoms with Crippen LogP contribution in [0.4, 0.5) is 0 Å². The summed E-state index contributed by atoms with van der Waals surface area (Å²) in [5.74, 6) is 0.537. The van der Waals surface area contributed by atoms with E-state index >= 15 is 0 Å². The van der Waals surface area contributed by atoms with Crippen LogP contribution < -0.4 is 16.0 Å². The van der Waals surface area contributed by atoms with Gasteiger partial charge < -0.3 is 9.84 Å². The first-order chi connectivity index (χ1) is 12.6. The number of aliphatic hydroxyl groups excluding tert-OH is 1. The number of fused-ring (bicyclic) bond motifs is 1. The van der Waals surface area contributed by atoms with Crippen LogP contribution in [0.3, 0.4) is 0 Å². The summed E-state index contributed by atoms with van der Waals surface area (Å²) in [4.78, 5) is 29.9. The average Bonchev–Trinajstić information content (AvgIpc) is 3.26. The summed E-state index contributed by atoms with van der Waals surface area (Å²) < 4.78 is 10.3. The van der Waals surface area contributed by atoms with Crippen LogP contribution in [0.1, 0.15) is 45.4 Å². The van der Waals surface area contributed by atoms with Crippen molar-refractivity contribution in [1.82, 2.24) is 18.7 Å². The smallest absolute Gasteiger partial charge is 0.332 e. The molecule has 1 aliphatic carbocycles. The first kappa shape index (κ1) is 18.7. The zero-order valence-corrected chi connectivity index (χ0v) is 15.6. The lowest BCUT2D eigenvalue weighted by molar-refractivity contribution is 0.225. The molecular formula is C18H28N4O4. The molecule has 0 saturated heterocycles. The number of rotatable bonds is 8. The van der Waals surface area contributed by atoms with Crippen LogP contribution in [-0.2, 0) is 20.1 Å². The van der Waals surface area contributed by atoms with Crippen molar-refractivity contribution in [2.24, 2.45) is 13.0 Å². The molecule has 0 unspecified atom stereocenters. The number of imidazole rings is 1. The Kier molecular flexibility index (Phi) is 5.80. The molecule has 0 aliphatic heterocycles. The summed E-state index contributed by atoms with van der Waals surface area (Å²) in [5.41, 5.74) is -0.0314. The van der Waals surface area contributed by atoms with Gasteiger partial charge >= 0.3 is 5.69 Å². The Hall–Kier alpha value is -2.09. The minimum atomic E-state index is -0.417. The predicted molar refractivity (Wildman–Crippen MR) is 98.7 cm³/mol. The summed E-state index contributed by atoms with van der Waals surface area (Å²) in [6, 6.07) is 0.417. The summed E-state index contributed by atoms with van der Waals surface area (Å²) in [7, 11) is 1.61. The van der Waals surface area contributed by atoms with Gasteiger partial charge in [-0.1, -0.05) is 19.8 Å². The summed E-state index contributed by atoms with van der Waals surface area (Å²) >= 11 is 0. The second-order valence-corrected chi connectivity index (χ2v) is 7.06. The molecule has 1 N–H and O–H groups in total. The SMILES string of the molecule is CCCn1c(OCC2CCCC2)nc2c1c(=O)n(CCCO)c(=O)n2C. The highest BCUT2D eigenvalue weighted by molar-refractivity contribution is 5.71. The average molecular weight is 364 g/mol. The Morgan fingerprint density at radius 2 is 1.92 bits per heavy atom. The first-order valence-corrected chi connectivity index (χ1v) is 9.52. The molecule has 2 aromatic heterocycles. The van der Waals surface area contributed by atoms with E-state index in [4.69, 9.17) is 9.84 Å². The van der Waals surface area contributed by atoms with Gasteiger partial charge in [0.25, 0.3) is 11.6 Å². The number of aliphatic hydroxyl groups is 1. The molecule has 0 spiro atoms. The molecular weight excluding hydrogens is 336 g/mol. The fraction of sp³-hybridized carbons (Fsp3) is 0.722. The van der Waals surface area contributed by atoms with Crippen LogP contribution in [0.5, 0.6) is 6.01 Å². The van der Waals surface area contributed by atoms with Crippen molar-refractivity contribution in [3.8, 4) is 6.01 Å². The Morgan fingerprint density at radius 1 is 1.19 bits per heavy atom. The van der Waals surface area contributed by atoms with Gasteiger partial charge in [0, 0.05) is 26.7 Å². The molecule has 0 radical (unpaired) electrons. The zero-order valence-electron chi connectivity index (χ0n) is 15.6. The van der Waals surface area contributed by atoms with Crippen LogP contribution in [0.2, 0.25) is 0 Å². The maximum absolute atomic E-state index is 12.9. The molecule has 3 rings (SSSR count). The maximum Gasteiger partial charge on any atom is 0.332 e. The van der Waals surface area contributed by atoms with Gasteiger partial charge in [-0.3, -0.25) is 18.5 Å². The van der Waals surface area contributed by atoms with Crippen molar-refractivity contribution >= 4 is 11.2 Å². The third-order valence-electron chi connectivity index (χ3n) is 5.11. The van der Waals surface area contributed by atoms with E-state index in [-0.39, 0.29) is 18.7 Å². The van der Waals surface area contributed by atoms with Gasteiger partial charge in [-0.2, -0.15) is 4.98 Å². The van der Waals surface area contributed by atoms with Gasteiger partial charge in [0.15, 0.2) is 11.2 Å². The molecule has 1 fully saturated rings. The number of hydrogen-bond donors (Lipinski definition) is 1. The summed E-state index contributed by atoms with van der Waals surface area (Å²) in [6.07, 6.45) is 5.99. The fourth-order valence-corrected chi connectivity index (χ4v) is 3.69.